The van der Waals surface area contributed by atoms with E-state index in [9.17, 15) is 0 Å². The molecule has 76 valence electrons. The Bertz CT molecular complexity index is 346. The van der Waals surface area contributed by atoms with Gasteiger partial charge in [0.15, 0.2) is 11.0 Å². The van der Waals surface area contributed by atoms with Crippen LogP contribution in [0.1, 0.15) is 30.5 Å². The highest BCUT2D eigenvalue weighted by atomic mass is 32.2. The van der Waals surface area contributed by atoms with Gasteiger partial charge in [-0.2, -0.15) is 10.1 Å². The summed E-state index contributed by atoms with van der Waals surface area (Å²) >= 11 is 1.29. The maximum atomic E-state index is 5.40. The van der Waals surface area contributed by atoms with Crippen LogP contribution >= 0.6 is 11.8 Å². The molecule has 1 aliphatic rings. The monoisotopic (exact) mass is 213 g/mol. The number of hydrogen-bond donors (Lipinski definition) is 2. The second-order valence-corrected chi connectivity index (χ2v) is 4.07. The quantitative estimate of drug-likeness (QED) is 0.325. The Balaban J connectivity index is 1.89. The standard InChI is InChI=1S/C7H11N5OS/c8-7(11-9)14-3-5-10-6(13-12-5)4-1-2-4/h4H,1-3,9H2,(H2,8,11). The first kappa shape index (κ1) is 9.32. The maximum absolute atomic E-state index is 5.40. The minimum atomic E-state index is 0.322. The lowest BCUT2D eigenvalue weighted by molar-refractivity contribution is 0.375. The molecule has 0 bridgehead atoms. The summed E-state index contributed by atoms with van der Waals surface area (Å²) in [6.07, 6.45) is 2.31. The second-order valence-electron chi connectivity index (χ2n) is 3.08. The van der Waals surface area contributed by atoms with Crippen molar-refractivity contribution in [3.05, 3.63) is 11.7 Å². The zero-order valence-corrected chi connectivity index (χ0v) is 8.33. The fraction of sp³-hybridized carbons (Fsp3) is 0.571. The van der Waals surface area contributed by atoms with Crippen LogP contribution < -0.4 is 11.6 Å². The summed E-state index contributed by atoms with van der Waals surface area (Å²) < 4.78 is 5.07. The zero-order chi connectivity index (χ0) is 9.97. The van der Waals surface area contributed by atoms with Crippen LogP contribution in [0, 0.1) is 0 Å². The van der Waals surface area contributed by atoms with Gasteiger partial charge in [-0.3, -0.25) is 0 Å². The average molecular weight is 213 g/mol. The van der Waals surface area contributed by atoms with Gasteiger partial charge in [0.25, 0.3) is 0 Å². The Labute approximate surface area is 85.1 Å². The Morgan fingerprint density at radius 2 is 2.43 bits per heavy atom. The minimum Gasteiger partial charge on any atom is -0.377 e. The van der Waals surface area contributed by atoms with Gasteiger partial charge in [0.05, 0.1) is 5.75 Å². The van der Waals surface area contributed by atoms with Gasteiger partial charge in [0.1, 0.15) is 0 Å². The summed E-state index contributed by atoms with van der Waals surface area (Å²) in [5.74, 6) is 7.39. The van der Waals surface area contributed by atoms with Gasteiger partial charge in [-0.05, 0) is 12.8 Å². The number of amidine groups is 1. The fourth-order valence-corrected chi connectivity index (χ4v) is 1.47. The van der Waals surface area contributed by atoms with Crippen LogP contribution in [0.15, 0.2) is 9.62 Å². The topological polar surface area (TPSA) is 103 Å². The Morgan fingerprint density at radius 3 is 3.07 bits per heavy atom. The average Bonchev–Trinajstić information content (AvgIpc) is 2.95. The third-order valence-electron chi connectivity index (χ3n) is 1.89. The predicted molar refractivity (Wildman–Crippen MR) is 53.4 cm³/mol. The minimum absolute atomic E-state index is 0.322. The molecule has 2 rings (SSSR count). The van der Waals surface area contributed by atoms with E-state index < -0.39 is 0 Å². The van der Waals surface area contributed by atoms with Crippen molar-refractivity contribution in [1.82, 2.24) is 10.1 Å². The number of aromatic nitrogens is 2. The first-order valence-corrected chi connectivity index (χ1v) is 5.27. The lowest BCUT2D eigenvalue weighted by Crippen LogP contribution is -2.09. The van der Waals surface area contributed by atoms with Crippen LogP contribution in [0.4, 0.5) is 0 Å². The normalized spacial score (nSPS) is 17.3. The Kier molecular flexibility index (Phi) is 2.58. The molecule has 14 heavy (non-hydrogen) atoms. The molecule has 1 aromatic rings. The molecular weight excluding hydrogens is 202 g/mol. The van der Waals surface area contributed by atoms with Gasteiger partial charge in [-0.25, -0.2) is 0 Å². The smallest absolute Gasteiger partial charge is 0.229 e. The van der Waals surface area contributed by atoms with Gasteiger partial charge < -0.3 is 16.1 Å². The molecule has 0 aromatic carbocycles. The van der Waals surface area contributed by atoms with Gasteiger partial charge in [0, 0.05) is 5.92 Å². The van der Waals surface area contributed by atoms with Crippen LogP contribution in [0.5, 0.6) is 0 Å². The van der Waals surface area contributed by atoms with Gasteiger partial charge in [-0.15, -0.1) is 0 Å². The van der Waals surface area contributed by atoms with Crippen molar-refractivity contribution >= 4 is 16.9 Å². The molecule has 0 atom stereocenters. The molecule has 0 saturated heterocycles. The molecule has 1 aromatic heterocycles. The van der Waals surface area contributed by atoms with Crippen LogP contribution in [0.3, 0.4) is 0 Å². The molecule has 1 aliphatic carbocycles. The molecule has 4 N–H and O–H groups in total. The SMILES string of the molecule is NN=C(N)SCc1noc(C2CC2)n1. The zero-order valence-electron chi connectivity index (χ0n) is 7.51. The molecule has 1 fully saturated rings. The number of hydrogen-bond acceptors (Lipinski definition) is 6. The van der Waals surface area contributed by atoms with Gasteiger partial charge in [0.2, 0.25) is 5.89 Å². The number of hydrazone groups is 1. The van der Waals surface area contributed by atoms with E-state index in [-0.39, 0.29) is 0 Å². The first-order valence-electron chi connectivity index (χ1n) is 4.28. The molecular formula is C7H11N5OS. The maximum Gasteiger partial charge on any atom is 0.229 e. The van der Waals surface area contributed by atoms with Crippen molar-refractivity contribution in [3.63, 3.8) is 0 Å². The highest BCUT2D eigenvalue weighted by molar-refractivity contribution is 8.13. The molecule has 6 nitrogen and oxygen atoms in total. The van der Waals surface area contributed by atoms with Crippen molar-refractivity contribution in [2.24, 2.45) is 16.7 Å². The second kappa shape index (κ2) is 3.87. The molecule has 0 aliphatic heterocycles. The summed E-state index contributed by atoms with van der Waals surface area (Å²) in [6.45, 7) is 0. The van der Waals surface area contributed by atoms with E-state index in [0.717, 1.165) is 18.7 Å². The molecule has 0 spiro atoms. The van der Waals surface area contributed by atoms with Gasteiger partial charge in [-0.1, -0.05) is 16.9 Å². The Morgan fingerprint density at radius 1 is 1.64 bits per heavy atom. The van der Waals surface area contributed by atoms with E-state index in [1.54, 1.807) is 0 Å². The Hall–Kier alpha value is -1.24. The molecule has 1 saturated carbocycles. The van der Waals surface area contributed by atoms with E-state index in [1.165, 1.54) is 11.8 Å². The molecule has 0 unspecified atom stereocenters. The number of nitrogens with zero attached hydrogens (tertiary/aromatic N) is 3. The largest absolute Gasteiger partial charge is 0.377 e. The number of rotatable bonds is 3. The highest BCUT2D eigenvalue weighted by Crippen LogP contribution is 2.38. The van der Waals surface area contributed by atoms with E-state index in [2.05, 4.69) is 15.2 Å². The van der Waals surface area contributed by atoms with E-state index in [4.69, 9.17) is 16.1 Å². The van der Waals surface area contributed by atoms with Crippen LogP contribution in [-0.2, 0) is 5.75 Å². The predicted octanol–water partition coefficient (Wildman–Crippen LogP) is 0.369. The first-order chi connectivity index (χ1) is 6.79. The lowest BCUT2D eigenvalue weighted by Gasteiger charge is -1.92. The summed E-state index contributed by atoms with van der Waals surface area (Å²) in [5.41, 5.74) is 5.40. The highest BCUT2D eigenvalue weighted by Gasteiger charge is 2.29. The third-order valence-corrected chi connectivity index (χ3v) is 2.69. The van der Waals surface area contributed by atoms with E-state index in [1.807, 2.05) is 0 Å². The fourth-order valence-electron chi connectivity index (χ4n) is 0.998. The summed E-state index contributed by atoms with van der Waals surface area (Å²) in [5, 5.41) is 7.48. The van der Waals surface area contributed by atoms with Crippen molar-refractivity contribution in [3.8, 4) is 0 Å². The third kappa shape index (κ3) is 2.16. The summed E-state index contributed by atoms with van der Waals surface area (Å²) in [4.78, 5) is 4.23. The van der Waals surface area contributed by atoms with E-state index in [0.29, 0.717) is 22.7 Å². The van der Waals surface area contributed by atoms with Crippen molar-refractivity contribution < 1.29 is 4.52 Å². The van der Waals surface area contributed by atoms with Crippen molar-refractivity contribution in [2.45, 2.75) is 24.5 Å². The number of thioether (sulfide) groups is 1. The summed E-state index contributed by atoms with van der Waals surface area (Å²) in [6, 6.07) is 0. The van der Waals surface area contributed by atoms with Crippen LogP contribution in [0.25, 0.3) is 0 Å². The van der Waals surface area contributed by atoms with Crippen molar-refractivity contribution in [1.29, 1.82) is 0 Å². The van der Waals surface area contributed by atoms with Crippen LogP contribution in [-0.4, -0.2) is 15.3 Å². The molecule has 0 radical (unpaired) electrons. The lowest BCUT2D eigenvalue weighted by atomic mass is 10.4. The number of nitrogens with two attached hydrogens (primary N) is 2. The van der Waals surface area contributed by atoms with Crippen molar-refractivity contribution in [2.75, 3.05) is 0 Å². The molecule has 1 heterocycles. The van der Waals surface area contributed by atoms with E-state index >= 15 is 0 Å². The molecule has 7 heteroatoms. The summed E-state index contributed by atoms with van der Waals surface area (Å²) in [7, 11) is 0. The molecule has 0 amide bonds. The van der Waals surface area contributed by atoms with Crippen LogP contribution in [0.2, 0.25) is 0 Å². The van der Waals surface area contributed by atoms with Gasteiger partial charge >= 0.3 is 0 Å².